The number of rotatable bonds is 5. The van der Waals surface area contributed by atoms with E-state index in [-0.39, 0.29) is 18.9 Å². The minimum absolute atomic E-state index is 0.0446. The van der Waals surface area contributed by atoms with Crippen LogP contribution in [0.1, 0.15) is 23.1 Å². The quantitative estimate of drug-likeness (QED) is 0.755. The highest BCUT2D eigenvalue weighted by Gasteiger charge is 2.36. The Morgan fingerprint density at radius 2 is 1.86 bits per heavy atom. The van der Waals surface area contributed by atoms with Crippen molar-refractivity contribution < 1.29 is 19.1 Å². The predicted molar refractivity (Wildman–Crippen MR) is 112 cm³/mol. The maximum atomic E-state index is 12.4. The number of esters is 1. The van der Waals surface area contributed by atoms with Crippen molar-refractivity contribution in [3.05, 3.63) is 58.1 Å². The summed E-state index contributed by atoms with van der Waals surface area (Å²) in [6.45, 7) is 5.50. The Hall–Kier alpha value is -2.86. The molecular weight excluding hydrogens is 392 g/mol. The van der Waals surface area contributed by atoms with Gasteiger partial charge in [0.05, 0.1) is 5.92 Å². The minimum Gasteiger partial charge on any atom is -0.455 e. The average molecular weight is 415 g/mol. The summed E-state index contributed by atoms with van der Waals surface area (Å²) in [5, 5.41) is 3.30. The van der Waals surface area contributed by atoms with E-state index in [0.717, 1.165) is 16.7 Å². The number of nitrogens with one attached hydrogen (secondary N) is 1. The highest BCUT2D eigenvalue weighted by Crippen LogP contribution is 2.29. The number of nitrogens with zero attached hydrogens (tertiary/aromatic N) is 1. The van der Waals surface area contributed by atoms with Crippen LogP contribution in [0.25, 0.3) is 0 Å². The van der Waals surface area contributed by atoms with E-state index in [1.807, 2.05) is 45.0 Å². The standard InChI is InChI=1S/C22H23ClN2O4/c1-13-4-5-15(3)19(8-13)24-20(26)12-29-22(28)16-9-21(27)25(11-16)17-7-6-14(2)18(23)10-17/h4-8,10,16H,9,11-12H2,1-3H3,(H,24,26)/t16-/m1/s1. The van der Waals surface area contributed by atoms with Gasteiger partial charge in [0.25, 0.3) is 5.91 Å². The minimum atomic E-state index is -0.615. The van der Waals surface area contributed by atoms with Gasteiger partial charge >= 0.3 is 5.97 Å². The molecule has 1 aliphatic rings. The number of anilines is 2. The second-order valence-electron chi connectivity index (χ2n) is 7.31. The summed E-state index contributed by atoms with van der Waals surface area (Å²) in [6, 6.07) is 11.1. The molecule has 3 rings (SSSR count). The van der Waals surface area contributed by atoms with E-state index in [1.54, 1.807) is 12.1 Å². The number of amides is 2. The van der Waals surface area contributed by atoms with Gasteiger partial charge in [0, 0.05) is 29.4 Å². The molecule has 0 spiro atoms. The molecule has 1 atom stereocenters. The van der Waals surface area contributed by atoms with Gasteiger partial charge in [-0.1, -0.05) is 29.8 Å². The molecule has 1 aliphatic heterocycles. The first-order chi connectivity index (χ1) is 13.7. The molecule has 29 heavy (non-hydrogen) atoms. The summed E-state index contributed by atoms with van der Waals surface area (Å²) >= 11 is 6.14. The molecule has 1 fully saturated rings. The van der Waals surface area contributed by atoms with Gasteiger partial charge in [-0.25, -0.2) is 0 Å². The smallest absolute Gasteiger partial charge is 0.311 e. The summed E-state index contributed by atoms with van der Waals surface area (Å²) < 4.78 is 5.15. The number of carbonyl (C=O) groups is 3. The predicted octanol–water partition coefficient (Wildman–Crippen LogP) is 3.80. The van der Waals surface area contributed by atoms with Crippen molar-refractivity contribution in [3.8, 4) is 0 Å². The summed E-state index contributed by atoms with van der Waals surface area (Å²) in [4.78, 5) is 38.3. The molecule has 7 heteroatoms. The highest BCUT2D eigenvalue weighted by molar-refractivity contribution is 6.31. The Labute approximate surface area is 174 Å². The van der Waals surface area contributed by atoms with Crippen LogP contribution in [0.5, 0.6) is 0 Å². The Morgan fingerprint density at radius 1 is 1.14 bits per heavy atom. The zero-order chi connectivity index (χ0) is 21.1. The molecule has 2 amide bonds. The van der Waals surface area contributed by atoms with Crippen LogP contribution in [0.4, 0.5) is 11.4 Å². The van der Waals surface area contributed by atoms with Gasteiger partial charge in [0.1, 0.15) is 0 Å². The third-order valence-electron chi connectivity index (χ3n) is 4.94. The lowest BCUT2D eigenvalue weighted by atomic mass is 10.1. The van der Waals surface area contributed by atoms with Gasteiger partial charge < -0.3 is 15.0 Å². The number of ether oxygens (including phenoxy) is 1. The van der Waals surface area contributed by atoms with Gasteiger partial charge in [-0.15, -0.1) is 0 Å². The lowest BCUT2D eigenvalue weighted by molar-refractivity contribution is -0.151. The van der Waals surface area contributed by atoms with Crippen LogP contribution in [0.15, 0.2) is 36.4 Å². The molecular formula is C22H23ClN2O4. The molecule has 0 radical (unpaired) electrons. The molecule has 0 aromatic heterocycles. The zero-order valence-electron chi connectivity index (χ0n) is 16.6. The number of aryl methyl sites for hydroxylation is 3. The highest BCUT2D eigenvalue weighted by atomic mass is 35.5. The van der Waals surface area contributed by atoms with E-state index in [2.05, 4.69) is 5.32 Å². The number of hydrogen-bond acceptors (Lipinski definition) is 4. The largest absolute Gasteiger partial charge is 0.455 e. The fourth-order valence-electron chi connectivity index (χ4n) is 3.18. The molecule has 2 aromatic rings. The third kappa shape index (κ3) is 4.95. The SMILES string of the molecule is Cc1ccc(C)c(NC(=O)COC(=O)[C@@H]2CC(=O)N(c3ccc(C)c(Cl)c3)C2)c1. The first-order valence-corrected chi connectivity index (χ1v) is 9.72. The molecule has 6 nitrogen and oxygen atoms in total. The summed E-state index contributed by atoms with van der Waals surface area (Å²) in [5.74, 6) is -1.77. The number of carbonyl (C=O) groups excluding carboxylic acids is 3. The molecule has 152 valence electrons. The van der Waals surface area contributed by atoms with Gasteiger partial charge in [0.2, 0.25) is 5.91 Å². The summed E-state index contributed by atoms with van der Waals surface area (Å²) in [7, 11) is 0. The van der Waals surface area contributed by atoms with Crippen LogP contribution < -0.4 is 10.2 Å². The van der Waals surface area contributed by atoms with Gasteiger partial charge in [-0.05, 0) is 55.7 Å². The van der Waals surface area contributed by atoms with E-state index < -0.39 is 24.4 Å². The fraction of sp³-hybridized carbons (Fsp3) is 0.318. The molecule has 0 unspecified atom stereocenters. The number of hydrogen-bond donors (Lipinski definition) is 1. The van der Waals surface area contributed by atoms with Crippen molar-refractivity contribution in [1.82, 2.24) is 0 Å². The Balaban J connectivity index is 1.56. The monoisotopic (exact) mass is 414 g/mol. The fourth-order valence-corrected chi connectivity index (χ4v) is 3.35. The van der Waals surface area contributed by atoms with Crippen molar-refractivity contribution in [2.45, 2.75) is 27.2 Å². The maximum absolute atomic E-state index is 12.4. The lowest BCUT2D eigenvalue weighted by Gasteiger charge is -2.17. The first-order valence-electron chi connectivity index (χ1n) is 9.35. The van der Waals surface area contributed by atoms with Crippen LogP contribution in [0.3, 0.4) is 0 Å². The molecule has 0 saturated carbocycles. The Kier molecular flexibility index (Phi) is 6.23. The van der Waals surface area contributed by atoms with Crippen LogP contribution in [-0.4, -0.2) is 30.9 Å². The molecule has 0 bridgehead atoms. The van der Waals surface area contributed by atoms with Gasteiger partial charge in [-0.2, -0.15) is 0 Å². The van der Waals surface area contributed by atoms with Crippen LogP contribution >= 0.6 is 11.6 Å². The maximum Gasteiger partial charge on any atom is 0.311 e. The van der Waals surface area contributed by atoms with Crippen molar-refractivity contribution in [2.75, 3.05) is 23.4 Å². The van der Waals surface area contributed by atoms with E-state index in [9.17, 15) is 14.4 Å². The van der Waals surface area contributed by atoms with Gasteiger partial charge in [-0.3, -0.25) is 14.4 Å². The van der Waals surface area contributed by atoms with Crippen LogP contribution in [-0.2, 0) is 19.1 Å². The van der Waals surface area contributed by atoms with E-state index >= 15 is 0 Å². The molecule has 1 saturated heterocycles. The summed E-state index contributed by atoms with van der Waals surface area (Å²) in [5.41, 5.74) is 4.18. The van der Waals surface area contributed by atoms with Crippen molar-refractivity contribution in [2.24, 2.45) is 5.92 Å². The van der Waals surface area contributed by atoms with Crippen molar-refractivity contribution in [1.29, 1.82) is 0 Å². The van der Waals surface area contributed by atoms with Crippen molar-refractivity contribution in [3.63, 3.8) is 0 Å². The second-order valence-corrected chi connectivity index (χ2v) is 7.72. The Morgan fingerprint density at radius 3 is 2.59 bits per heavy atom. The van der Waals surface area contributed by atoms with E-state index in [4.69, 9.17) is 16.3 Å². The molecule has 1 N–H and O–H groups in total. The Bertz CT molecular complexity index is 973. The zero-order valence-corrected chi connectivity index (χ0v) is 17.4. The van der Waals surface area contributed by atoms with Crippen LogP contribution in [0.2, 0.25) is 5.02 Å². The topological polar surface area (TPSA) is 75.7 Å². The molecule has 1 heterocycles. The summed E-state index contributed by atoms with van der Waals surface area (Å²) in [6.07, 6.45) is 0.0446. The van der Waals surface area contributed by atoms with Crippen LogP contribution in [0, 0.1) is 26.7 Å². The molecule has 0 aliphatic carbocycles. The average Bonchev–Trinajstić information content (AvgIpc) is 3.07. The van der Waals surface area contributed by atoms with E-state index in [0.29, 0.717) is 16.4 Å². The third-order valence-corrected chi connectivity index (χ3v) is 5.35. The number of benzene rings is 2. The van der Waals surface area contributed by atoms with Gasteiger partial charge in [0.15, 0.2) is 6.61 Å². The normalized spacial score (nSPS) is 16.1. The molecule has 2 aromatic carbocycles. The first kappa shape index (κ1) is 20.9. The van der Waals surface area contributed by atoms with Crippen molar-refractivity contribution >= 4 is 40.8 Å². The second kappa shape index (κ2) is 8.66. The van der Waals surface area contributed by atoms with E-state index in [1.165, 1.54) is 4.90 Å². The lowest BCUT2D eigenvalue weighted by Crippen LogP contribution is -2.28. The number of halogens is 1.